The van der Waals surface area contributed by atoms with Gasteiger partial charge in [-0.05, 0) is 108 Å². The van der Waals surface area contributed by atoms with E-state index < -0.39 is 0 Å². The first-order chi connectivity index (χ1) is 19.1. The Balaban J connectivity index is 1.23. The highest BCUT2D eigenvalue weighted by Gasteiger charge is 2.17. The molecule has 3 heterocycles. The van der Waals surface area contributed by atoms with Crippen molar-refractivity contribution in [2.45, 2.75) is 64.8 Å². The topological polar surface area (TPSA) is 64.0 Å². The van der Waals surface area contributed by atoms with E-state index in [4.69, 9.17) is 9.47 Å². The number of carbonyl (C=O) groups excluding carboxylic acids is 2. The summed E-state index contributed by atoms with van der Waals surface area (Å²) in [6.07, 6.45) is 9.42. The quantitative estimate of drug-likeness (QED) is 0.227. The monoisotopic (exact) mass is 533 g/mol. The molecule has 7 heteroatoms. The van der Waals surface area contributed by atoms with E-state index in [-0.39, 0.29) is 11.9 Å². The number of piperidine rings is 2. The van der Waals surface area contributed by atoms with Crippen LogP contribution in [0.3, 0.4) is 0 Å². The van der Waals surface area contributed by atoms with Crippen LogP contribution < -0.4 is 0 Å². The average Bonchev–Trinajstić information content (AvgIpc) is 3.30. The fourth-order valence-corrected chi connectivity index (χ4v) is 6.14. The summed E-state index contributed by atoms with van der Waals surface area (Å²) in [6, 6.07) is 11.5. The first-order valence-corrected chi connectivity index (χ1v) is 15.0. The van der Waals surface area contributed by atoms with E-state index in [0.29, 0.717) is 24.3 Å². The van der Waals surface area contributed by atoms with E-state index >= 15 is 0 Å². The van der Waals surface area contributed by atoms with Crippen LogP contribution in [-0.2, 0) is 16.0 Å². The summed E-state index contributed by atoms with van der Waals surface area (Å²) < 4.78 is 13.5. The Bertz CT molecular complexity index is 1180. The molecule has 3 aromatic rings. The molecule has 0 N–H and O–H groups in total. The lowest BCUT2D eigenvalue weighted by molar-refractivity contribution is 0.0476. The van der Waals surface area contributed by atoms with Crippen LogP contribution in [0, 0.1) is 0 Å². The maximum absolute atomic E-state index is 12.9. The Morgan fingerprint density at radius 1 is 0.667 bits per heavy atom. The van der Waals surface area contributed by atoms with Gasteiger partial charge >= 0.3 is 11.9 Å². The zero-order valence-corrected chi connectivity index (χ0v) is 23.5. The second kappa shape index (κ2) is 13.4. The molecule has 7 nitrogen and oxygen atoms in total. The van der Waals surface area contributed by atoms with Crippen molar-refractivity contribution in [3.63, 3.8) is 0 Å². The third-order valence-electron chi connectivity index (χ3n) is 8.25. The highest BCUT2D eigenvalue weighted by molar-refractivity contribution is 6.12. The number of hydrogen-bond acceptors (Lipinski definition) is 6. The molecule has 0 spiro atoms. The number of ether oxygens (including phenoxy) is 2. The normalized spacial score (nSPS) is 17.1. The molecule has 2 fully saturated rings. The lowest BCUT2D eigenvalue weighted by atomic mass is 10.1. The SMILES string of the molecule is CCn1c2ccc(C(=O)OCCCN3CCCCC3)cc2c2cc(C(=O)OCCCN3CCCCC3)ccc21. The lowest BCUT2D eigenvalue weighted by Gasteiger charge is -2.26. The Morgan fingerprint density at radius 3 is 1.51 bits per heavy atom. The van der Waals surface area contributed by atoms with Crippen molar-refractivity contribution >= 4 is 33.7 Å². The molecule has 0 amide bonds. The maximum atomic E-state index is 12.9. The van der Waals surface area contributed by atoms with Crippen molar-refractivity contribution in [3.05, 3.63) is 47.5 Å². The predicted molar refractivity (Wildman–Crippen MR) is 155 cm³/mol. The molecule has 0 bridgehead atoms. The second-order valence-corrected chi connectivity index (χ2v) is 11.0. The van der Waals surface area contributed by atoms with Gasteiger partial charge in [-0.3, -0.25) is 0 Å². The number of carbonyl (C=O) groups is 2. The van der Waals surface area contributed by atoms with Gasteiger partial charge in [-0.25, -0.2) is 9.59 Å². The van der Waals surface area contributed by atoms with Crippen LogP contribution in [0.5, 0.6) is 0 Å². The predicted octanol–water partition coefficient (Wildman–Crippen LogP) is 5.88. The number of esters is 2. The molecule has 5 rings (SSSR count). The maximum Gasteiger partial charge on any atom is 0.338 e. The summed E-state index contributed by atoms with van der Waals surface area (Å²) in [5.41, 5.74) is 3.17. The molecule has 0 radical (unpaired) electrons. The highest BCUT2D eigenvalue weighted by atomic mass is 16.5. The molecule has 2 aliphatic rings. The van der Waals surface area contributed by atoms with Crippen LogP contribution in [-0.4, -0.2) is 78.8 Å². The number of fused-ring (bicyclic) bond motifs is 3. The van der Waals surface area contributed by atoms with Gasteiger partial charge in [0.1, 0.15) is 0 Å². The summed E-state index contributed by atoms with van der Waals surface area (Å²) in [7, 11) is 0. The van der Waals surface area contributed by atoms with Gasteiger partial charge in [-0.15, -0.1) is 0 Å². The van der Waals surface area contributed by atoms with E-state index in [1.165, 1.54) is 38.5 Å². The minimum absolute atomic E-state index is 0.294. The van der Waals surface area contributed by atoms with Gasteiger partial charge in [0.2, 0.25) is 0 Å². The summed E-state index contributed by atoms with van der Waals surface area (Å²) in [4.78, 5) is 30.7. The Hall–Kier alpha value is -2.90. The van der Waals surface area contributed by atoms with Gasteiger partial charge < -0.3 is 23.8 Å². The van der Waals surface area contributed by atoms with E-state index in [0.717, 1.165) is 80.5 Å². The van der Waals surface area contributed by atoms with Gasteiger partial charge in [0.05, 0.1) is 24.3 Å². The van der Waals surface area contributed by atoms with E-state index in [9.17, 15) is 9.59 Å². The fourth-order valence-electron chi connectivity index (χ4n) is 6.14. The first kappa shape index (κ1) is 27.7. The lowest BCUT2D eigenvalue weighted by Crippen LogP contribution is -2.31. The molecule has 39 heavy (non-hydrogen) atoms. The number of nitrogens with zero attached hydrogens (tertiary/aromatic N) is 3. The molecule has 1 aromatic heterocycles. The van der Waals surface area contributed by atoms with Crippen molar-refractivity contribution in [2.75, 3.05) is 52.5 Å². The number of aryl methyl sites for hydroxylation is 1. The van der Waals surface area contributed by atoms with Gasteiger partial charge in [0, 0.05) is 41.4 Å². The number of hydrogen-bond donors (Lipinski definition) is 0. The van der Waals surface area contributed by atoms with Crippen molar-refractivity contribution < 1.29 is 19.1 Å². The van der Waals surface area contributed by atoms with Crippen LogP contribution in [0.1, 0.15) is 79.0 Å². The van der Waals surface area contributed by atoms with Gasteiger partial charge in [0.25, 0.3) is 0 Å². The van der Waals surface area contributed by atoms with E-state index in [1.54, 1.807) is 0 Å². The first-order valence-electron chi connectivity index (χ1n) is 15.0. The fraction of sp³-hybridized carbons (Fsp3) is 0.562. The van der Waals surface area contributed by atoms with Crippen LogP contribution in [0.25, 0.3) is 21.8 Å². The zero-order chi connectivity index (χ0) is 27.0. The number of aromatic nitrogens is 1. The Morgan fingerprint density at radius 2 is 1.10 bits per heavy atom. The van der Waals surface area contributed by atoms with E-state index in [1.807, 2.05) is 36.4 Å². The van der Waals surface area contributed by atoms with Crippen LogP contribution in [0.15, 0.2) is 36.4 Å². The number of likely N-dealkylation sites (tertiary alicyclic amines) is 2. The minimum atomic E-state index is -0.294. The largest absolute Gasteiger partial charge is 0.462 e. The number of rotatable bonds is 11. The Kier molecular flexibility index (Phi) is 9.53. The summed E-state index contributed by atoms with van der Waals surface area (Å²) in [5.74, 6) is -0.588. The highest BCUT2D eigenvalue weighted by Crippen LogP contribution is 2.31. The zero-order valence-electron chi connectivity index (χ0n) is 23.5. The molecule has 210 valence electrons. The van der Waals surface area contributed by atoms with Crippen molar-refractivity contribution in [1.82, 2.24) is 14.4 Å². The van der Waals surface area contributed by atoms with Gasteiger partial charge in [-0.2, -0.15) is 0 Å². The standard InChI is InChI=1S/C32H43N3O4/c1-2-35-29-13-11-25(31(36)38-21-9-19-33-15-5-3-6-16-33)23-27(29)28-24-26(12-14-30(28)35)32(37)39-22-10-20-34-17-7-4-8-18-34/h11-14,23-24H,2-10,15-22H2,1H3. The smallest absolute Gasteiger partial charge is 0.338 e. The number of benzene rings is 2. The summed E-state index contributed by atoms with van der Waals surface area (Å²) in [6.45, 7) is 10.3. The Labute approximate surface area is 232 Å². The van der Waals surface area contributed by atoms with Crippen molar-refractivity contribution in [2.24, 2.45) is 0 Å². The molecular formula is C32H43N3O4. The molecule has 0 aliphatic carbocycles. The van der Waals surface area contributed by atoms with Crippen LogP contribution >= 0.6 is 0 Å². The van der Waals surface area contributed by atoms with Crippen molar-refractivity contribution in [3.8, 4) is 0 Å². The third kappa shape index (κ3) is 6.82. The van der Waals surface area contributed by atoms with Crippen molar-refractivity contribution in [1.29, 1.82) is 0 Å². The third-order valence-corrected chi connectivity index (χ3v) is 8.25. The van der Waals surface area contributed by atoms with E-state index in [2.05, 4.69) is 21.3 Å². The summed E-state index contributed by atoms with van der Waals surface area (Å²) in [5, 5.41) is 1.91. The molecule has 2 saturated heterocycles. The summed E-state index contributed by atoms with van der Waals surface area (Å²) >= 11 is 0. The molecule has 2 aliphatic heterocycles. The molecule has 0 atom stereocenters. The van der Waals surface area contributed by atoms with Gasteiger partial charge in [-0.1, -0.05) is 12.8 Å². The van der Waals surface area contributed by atoms with Crippen LogP contribution in [0.2, 0.25) is 0 Å². The van der Waals surface area contributed by atoms with Gasteiger partial charge in [0.15, 0.2) is 0 Å². The minimum Gasteiger partial charge on any atom is -0.462 e. The average molecular weight is 534 g/mol. The molecule has 0 saturated carbocycles. The molecular weight excluding hydrogens is 490 g/mol. The molecule has 0 unspecified atom stereocenters. The second-order valence-electron chi connectivity index (χ2n) is 11.0. The molecule has 2 aromatic carbocycles. The van der Waals surface area contributed by atoms with Crippen LogP contribution in [0.4, 0.5) is 0 Å².